The highest BCUT2D eigenvalue weighted by Crippen LogP contribution is 2.21. The molecule has 1 atom stereocenters. The fourth-order valence-corrected chi connectivity index (χ4v) is 2.23. The molecular weight excluding hydrogens is 363 g/mol. The van der Waals surface area contributed by atoms with Gasteiger partial charge in [-0.3, -0.25) is 4.79 Å². The van der Waals surface area contributed by atoms with Gasteiger partial charge in [0, 0.05) is 5.69 Å². The summed E-state index contributed by atoms with van der Waals surface area (Å²) < 4.78 is 23.4. The summed E-state index contributed by atoms with van der Waals surface area (Å²) >= 11 is 5.89. The SMILES string of the molecule is COc1ccc(C(=O)O[C@H](C)C(=O)Nc2ccc(C#N)c(Cl)c2)cc1F. The van der Waals surface area contributed by atoms with Crippen LogP contribution in [0.4, 0.5) is 10.1 Å². The van der Waals surface area contributed by atoms with Crippen LogP contribution >= 0.6 is 11.6 Å². The van der Waals surface area contributed by atoms with Crippen molar-refractivity contribution in [2.24, 2.45) is 0 Å². The van der Waals surface area contributed by atoms with Crippen LogP contribution in [0.5, 0.6) is 5.75 Å². The molecule has 1 amide bonds. The molecule has 6 nitrogen and oxygen atoms in total. The standard InChI is InChI=1S/C18H14ClFN2O4/c1-10(17(23)22-13-5-3-12(9-21)14(19)8-13)26-18(24)11-4-6-16(25-2)15(20)7-11/h3-8,10H,1-2H3,(H,22,23)/t10-/m1/s1. The number of hydrogen-bond donors (Lipinski definition) is 1. The molecule has 0 aliphatic heterocycles. The lowest BCUT2D eigenvalue weighted by atomic mass is 10.2. The van der Waals surface area contributed by atoms with E-state index in [0.717, 1.165) is 6.07 Å². The lowest BCUT2D eigenvalue weighted by Gasteiger charge is -2.14. The van der Waals surface area contributed by atoms with Gasteiger partial charge in [0.2, 0.25) is 0 Å². The van der Waals surface area contributed by atoms with Crippen molar-refractivity contribution in [3.05, 3.63) is 58.4 Å². The van der Waals surface area contributed by atoms with Gasteiger partial charge < -0.3 is 14.8 Å². The Labute approximate surface area is 154 Å². The molecule has 134 valence electrons. The van der Waals surface area contributed by atoms with E-state index < -0.39 is 23.8 Å². The topological polar surface area (TPSA) is 88.4 Å². The molecule has 0 bridgehead atoms. The number of methoxy groups -OCH3 is 1. The van der Waals surface area contributed by atoms with E-state index in [0.29, 0.717) is 5.69 Å². The number of amides is 1. The second kappa shape index (κ2) is 8.32. The third kappa shape index (κ3) is 4.49. The molecule has 0 heterocycles. The van der Waals surface area contributed by atoms with Gasteiger partial charge in [0.25, 0.3) is 5.91 Å². The van der Waals surface area contributed by atoms with E-state index in [2.05, 4.69) is 5.32 Å². The summed E-state index contributed by atoms with van der Waals surface area (Å²) in [6.07, 6.45) is -1.14. The predicted octanol–water partition coefficient (Wildman–Crippen LogP) is 3.54. The molecule has 0 aromatic heterocycles. The highest BCUT2D eigenvalue weighted by atomic mass is 35.5. The number of hydrogen-bond acceptors (Lipinski definition) is 5. The molecule has 8 heteroatoms. The van der Waals surface area contributed by atoms with Crippen molar-refractivity contribution >= 4 is 29.2 Å². The van der Waals surface area contributed by atoms with Crippen molar-refractivity contribution in [3.63, 3.8) is 0 Å². The molecule has 0 unspecified atom stereocenters. The number of carbonyl (C=O) groups is 2. The maximum atomic E-state index is 13.6. The van der Waals surface area contributed by atoms with Crippen LogP contribution in [0, 0.1) is 17.1 Å². The summed E-state index contributed by atoms with van der Waals surface area (Å²) in [6, 6.07) is 9.84. The molecule has 0 fully saturated rings. The second-order valence-corrected chi connectivity index (χ2v) is 5.60. The zero-order valence-corrected chi connectivity index (χ0v) is 14.6. The van der Waals surface area contributed by atoms with Crippen LogP contribution in [0.25, 0.3) is 0 Å². The first-order valence-corrected chi connectivity index (χ1v) is 7.78. The third-order valence-electron chi connectivity index (χ3n) is 3.40. The summed E-state index contributed by atoms with van der Waals surface area (Å²) in [6.45, 7) is 1.37. The number of carbonyl (C=O) groups excluding carboxylic acids is 2. The molecule has 0 aliphatic rings. The number of benzene rings is 2. The van der Waals surface area contributed by atoms with Crippen molar-refractivity contribution in [3.8, 4) is 11.8 Å². The van der Waals surface area contributed by atoms with E-state index >= 15 is 0 Å². The Balaban J connectivity index is 2.02. The lowest BCUT2D eigenvalue weighted by Crippen LogP contribution is -2.30. The molecule has 0 saturated carbocycles. The molecule has 0 saturated heterocycles. The summed E-state index contributed by atoms with van der Waals surface area (Å²) in [7, 11) is 1.30. The highest BCUT2D eigenvalue weighted by Gasteiger charge is 2.20. The minimum Gasteiger partial charge on any atom is -0.494 e. The Morgan fingerprint density at radius 1 is 1.27 bits per heavy atom. The van der Waals surface area contributed by atoms with Crippen molar-refractivity contribution < 1.29 is 23.5 Å². The average Bonchev–Trinajstić information content (AvgIpc) is 2.61. The molecule has 1 N–H and O–H groups in total. The van der Waals surface area contributed by atoms with Gasteiger partial charge in [-0.1, -0.05) is 11.6 Å². The number of anilines is 1. The monoisotopic (exact) mass is 376 g/mol. The first kappa shape index (κ1) is 19.2. The van der Waals surface area contributed by atoms with E-state index in [-0.39, 0.29) is 21.9 Å². The third-order valence-corrected chi connectivity index (χ3v) is 3.71. The van der Waals surface area contributed by atoms with Crippen LogP contribution in [-0.2, 0) is 9.53 Å². The van der Waals surface area contributed by atoms with E-state index in [1.165, 1.54) is 44.4 Å². The normalized spacial score (nSPS) is 11.2. The fraction of sp³-hybridized carbons (Fsp3) is 0.167. The lowest BCUT2D eigenvalue weighted by molar-refractivity contribution is -0.123. The quantitative estimate of drug-likeness (QED) is 0.806. The molecule has 26 heavy (non-hydrogen) atoms. The van der Waals surface area contributed by atoms with Gasteiger partial charge in [0.15, 0.2) is 17.7 Å². The van der Waals surface area contributed by atoms with Gasteiger partial charge in [0.05, 0.1) is 23.3 Å². The number of esters is 1. The van der Waals surface area contributed by atoms with Crippen LogP contribution in [0.2, 0.25) is 5.02 Å². The maximum Gasteiger partial charge on any atom is 0.339 e. The van der Waals surface area contributed by atoms with Crippen LogP contribution in [-0.4, -0.2) is 25.1 Å². The van der Waals surface area contributed by atoms with E-state index in [1.54, 1.807) is 0 Å². The van der Waals surface area contributed by atoms with Gasteiger partial charge in [-0.2, -0.15) is 5.26 Å². The predicted molar refractivity (Wildman–Crippen MR) is 92.6 cm³/mol. The van der Waals surface area contributed by atoms with Crippen LogP contribution in [0.15, 0.2) is 36.4 Å². The van der Waals surface area contributed by atoms with E-state index in [1.807, 2.05) is 6.07 Å². The first-order chi connectivity index (χ1) is 12.3. The zero-order chi connectivity index (χ0) is 19.3. The number of nitrogens with one attached hydrogen (secondary N) is 1. The number of nitriles is 1. The molecule has 2 rings (SSSR count). The Morgan fingerprint density at radius 3 is 2.58 bits per heavy atom. The van der Waals surface area contributed by atoms with E-state index in [9.17, 15) is 14.0 Å². The summed E-state index contributed by atoms with van der Waals surface area (Å²) in [4.78, 5) is 24.2. The summed E-state index contributed by atoms with van der Waals surface area (Å²) in [5, 5.41) is 11.5. The Hall–Kier alpha value is -3.11. The smallest absolute Gasteiger partial charge is 0.339 e. The number of rotatable bonds is 5. The van der Waals surface area contributed by atoms with Crippen molar-refractivity contribution in [1.29, 1.82) is 5.26 Å². The molecule has 0 spiro atoms. The number of nitrogens with zero attached hydrogens (tertiary/aromatic N) is 1. The molecule has 0 aliphatic carbocycles. The zero-order valence-electron chi connectivity index (χ0n) is 13.9. The summed E-state index contributed by atoms with van der Waals surface area (Å²) in [5.41, 5.74) is 0.562. The van der Waals surface area contributed by atoms with Crippen molar-refractivity contribution in [2.75, 3.05) is 12.4 Å². The Bertz CT molecular complexity index is 895. The van der Waals surface area contributed by atoms with Crippen LogP contribution in [0.1, 0.15) is 22.8 Å². The van der Waals surface area contributed by atoms with Gasteiger partial charge in [-0.25, -0.2) is 9.18 Å². The molecule has 2 aromatic carbocycles. The number of halogens is 2. The minimum absolute atomic E-state index is 0.00923. The van der Waals surface area contributed by atoms with Gasteiger partial charge in [0.1, 0.15) is 6.07 Å². The van der Waals surface area contributed by atoms with Gasteiger partial charge in [-0.15, -0.1) is 0 Å². The second-order valence-electron chi connectivity index (χ2n) is 5.19. The van der Waals surface area contributed by atoms with Crippen molar-refractivity contribution in [2.45, 2.75) is 13.0 Å². The molecular formula is C18H14ClFN2O4. The molecule has 2 aromatic rings. The average molecular weight is 377 g/mol. The fourth-order valence-electron chi connectivity index (χ4n) is 2.00. The van der Waals surface area contributed by atoms with Gasteiger partial charge >= 0.3 is 5.97 Å². The Kier molecular flexibility index (Phi) is 6.15. The maximum absolute atomic E-state index is 13.6. The summed E-state index contributed by atoms with van der Waals surface area (Å²) in [5.74, 6) is -2.18. The van der Waals surface area contributed by atoms with E-state index in [4.69, 9.17) is 26.3 Å². The number of ether oxygens (including phenoxy) is 2. The molecule has 0 radical (unpaired) electrons. The van der Waals surface area contributed by atoms with Crippen molar-refractivity contribution in [1.82, 2.24) is 0 Å². The minimum atomic E-state index is -1.14. The van der Waals surface area contributed by atoms with Crippen LogP contribution in [0.3, 0.4) is 0 Å². The Morgan fingerprint density at radius 2 is 2.00 bits per heavy atom. The van der Waals surface area contributed by atoms with Crippen LogP contribution < -0.4 is 10.1 Å². The largest absolute Gasteiger partial charge is 0.494 e. The first-order valence-electron chi connectivity index (χ1n) is 7.40. The highest BCUT2D eigenvalue weighted by molar-refractivity contribution is 6.32. The van der Waals surface area contributed by atoms with Gasteiger partial charge in [-0.05, 0) is 43.3 Å².